The van der Waals surface area contributed by atoms with E-state index in [2.05, 4.69) is 15.2 Å². The zero-order valence-electron chi connectivity index (χ0n) is 18.5. The zero-order chi connectivity index (χ0) is 23.5. The van der Waals surface area contributed by atoms with Crippen LogP contribution in [-0.2, 0) is 6.54 Å². The number of hydrogen-bond acceptors (Lipinski definition) is 4. The van der Waals surface area contributed by atoms with E-state index in [1.807, 2.05) is 29.2 Å². The normalized spacial score (nSPS) is 13.8. The van der Waals surface area contributed by atoms with E-state index in [1.165, 1.54) is 18.2 Å². The van der Waals surface area contributed by atoms with Crippen molar-refractivity contribution in [2.24, 2.45) is 0 Å². The molecule has 1 fully saturated rings. The number of anilines is 2. The van der Waals surface area contributed by atoms with Gasteiger partial charge in [0.1, 0.15) is 17.5 Å². The summed E-state index contributed by atoms with van der Waals surface area (Å²) < 4.78 is 27.3. The van der Waals surface area contributed by atoms with Crippen molar-refractivity contribution >= 4 is 28.2 Å². The van der Waals surface area contributed by atoms with E-state index in [4.69, 9.17) is 0 Å². The molecule has 2 heterocycles. The molecule has 1 amide bonds. The molecule has 0 spiro atoms. The molecule has 1 saturated heterocycles. The molecule has 5 nitrogen and oxygen atoms in total. The summed E-state index contributed by atoms with van der Waals surface area (Å²) in [5.41, 5.74) is 1.98. The van der Waals surface area contributed by atoms with Crippen LogP contribution in [0.15, 0.2) is 79.0 Å². The van der Waals surface area contributed by atoms with Gasteiger partial charge in [0.15, 0.2) is 0 Å². The molecule has 4 aromatic rings. The van der Waals surface area contributed by atoms with Crippen LogP contribution in [0.2, 0.25) is 0 Å². The lowest BCUT2D eigenvalue weighted by atomic mass is 10.1. The quantitative estimate of drug-likeness (QED) is 0.468. The molecule has 172 valence electrons. The van der Waals surface area contributed by atoms with Crippen LogP contribution < -0.4 is 15.1 Å². The fraction of sp³-hybridized carbons (Fsp3) is 0.185. The van der Waals surface area contributed by atoms with E-state index in [0.717, 1.165) is 22.2 Å². The second-order valence-electron chi connectivity index (χ2n) is 8.31. The maximum Gasteiger partial charge on any atom is 0.251 e. The molecule has 0 atom stereocenters. The largest absolute Gasteiger partial charge is 0.366 e. The molecule has 1 aliphatic heterocycles. The van der Waals surface area contributed by atoms with E-state index >= 15 is 0 Å². The first-order valence-electron chi connectivity index (χ1n) is 11.2. The minimum Gasteiger partial charge on any atom is -0.366 e. The number of rotatable bonds is 5. The Labute approximate surface area is 196 Å². The van der Waals surface area contributed by atoms with Crippen LogP contribution in [0.4, 0.5) is 20.3 Å². The number of carbonyl (C=O) groups excluding carboxylic acids is 1. The molecular weight excluding hydrogens is 434 g/mol. The number of fused-ring (bicyclic) bond motifs is 1. The molecule has 0 aliphatic carbocycles. The molecule has 0 radical (unpaired) electrons. The van der Waals surface area contributed by atoms with Crippen molar-refractivity contribution in [3.63, 3.8) is 0 Å². The first-order valence-corrected chi connectivity index (χ1v) is 11.2. The number of pyridine rings is 1. The summed E-state index contributed by atoms with van der Waals surface area (Å²) in [4.78, 5) is 21.6. The zero-order valence-corrected chi connectivity index (χ0v) is 18.5. The third-order valence-electron chi connectivity index (χ3n) is 6.15. The molecule has 7 heteroatoms. The average Bonchev–Trinajstić information content (AvgIpc) is 2.88. The number of halogens is 2. The van der Waals surface area contributed by atoms with E-state index in [9.17, 15) is 13.6 Å². The molecule has 5 rings (SSSR count). The van der Waals surface area contributed by atoms with Crippen LogP contribution in [0, 0.1) is 11.6 Å². The molecular formula is C27H24F2N4O. The number of hydrogen-bond donors (Lipinski definition) is 1. The summed E-state index contributed by atoms with van der Waals surface area (Å²) in [5, 5.41) is 4.79. The maximum absolute atomic E-state index is 14.2. The Morgan fingerprint density at radius 2 is 1.62 bits per heavy atom. The standard InChI is InChI=1S/C27H24F2N4O/c28-22-9-5-19(6-10-22)18-31-27(34)21-8-7-20-11-12-30-26(23(20)17-21)33-15-13-32(14-16-33)25-4-2-1-3-24(25)29/h1-12,17H,13-16,18H2,(H,31,34). The van der Waals surface area contributed by atoms with Crippen LogP contribution in [0.5, 0.6) is 0 Å². The van der Waals surface area contributed by atoms with Gasteiger partial charge in [-0.15, -0.1) is 0 Å². The van der Waals surface area contributed by atoms with Crippen molar-refractivity contribution in [3.05, 3.63) is 102 Å². The summed E-state index contributed by atoms with van der Waals surface area (Å²) in [6.45, 7) is 3.06. The fourth-order valence-electron chi connectivity index (χ4n) is 4.30. The van der Waals surface area contributed by atoms with Gasteiger partial charge in [-0.2, -0.15) is 0 Å². The third-order valence-corrected chi connectivity index (χ3v) is 6.15. The van der Waals surface area contributed by atoms with Crippen molar-refractivity contribution in [2.45, 2.75) is 6.54 Å². The van der Waals surface area contributed by atoms with Gasteiger partial charge in [0.25, 0.3) is 5.91 Å². The lowest BCUT2D eigenvalue weighted by molar-refractivity contribution is 0.0951. The Morgan fingerprint density at radius 1 is 0.882 bits per heavy atom. The Balaban J connectivity index is 1.32. The minimum absolute atomic E-state index is 0.203. The second kappa shape index (κ2) is 9.47. The lowest BCUT2D eigenvalue weighted by Gasteiger charge is -2.37. The topological polar surface area (TPSA) is 48.5 Å². The summed E-state index contributed by atoms with van der Waals surface area (Å²) in [7, 11) is 0. The van der Waals surface area contributed by atoms with Crippen LogP contribution in [-0.4, -0.2) is 37.1 Å². The number of para-hydroxylation sites is 1. The highest BCUT2D eigenvalue weighted by atomic mass is 19.1. The molecule has 1 aliphatic rings. The van der Waals surface area contributed by atoms with Gasteiger partial charge in [-0.3, -0.25) is 4.79 Å². The van der Waals surface area contributed by atoms with E-state index < -0.39 is 0 Å². The number of amides is 1. The molecule has 0 bridgehead atoms. The van der Waals surface area contributed by atoms with Crippen molar-refractivity contribution in [3.8, 4) is 0 Å². The molecule has 0 saturated carbocycles. The van der Waals surface area contributed by atoms with Crippen LogP contribution in [0.3, 0.4) is 0 Å². The van der Waals surface area contributed by atoms with Crippen LogP contribution in [0.25, 0.3) is 10.8 Å². The first-order chi connectivity index (χ1) is 16.6. The maximum atomic E-state index is 14.2. The summed E-state index contributed by atoms with van der Waals surface area (Å²) in [6.07, 6.45) is 1.77. The monoisotopic (exact) mass is 458 g/mol. The SMILES string of the molecule is O=C(NCc1ccc(F)cc1)c1ccc2ccnc(N3CCN(c4ccccc4F)CC3)c2c1. The molecule has 34 heavy (non-hydrogen) atoms. The molecule has 1 aromatic heterocycles. The average molecular weight is 459 g/mol. The van der Waals surface area contributed by atoms with Gasteiger partial charge in [0.05, 0.1) is 5.69 Å². The van der Waals surface area contributed by atoms with Crippen molar-refractivity contribution in [1.82, 2.24) is 10.3 Å². The highest BCUT2D eigenvalue weighted by Gasteiger charge is 2.22. The summed E-state index contributed by atoms with van der Waals surface area (Å²) >= 11 is 0. The number of piperazine rings is 1. The molecule has 0 unspecified atom stereocenters. The minimum atomic E-state index is -0.306. The number of nitrogens with zero attached hydrogens (tertiary/aromatic N) is 3. The Morgan fingerprint density at radius 3 is 2.38 bits per heavy atom. The summed E-state index contributed by atoms with van der Waals surface area (Å²) in [5.74, 6) is 0.0965. The lowest BCUT2D eigenvalue weighted by Crippen LogP contribution is -2.47. The van der Waals surface area contributed by atoms with E-state index in [-0.39, 0.29) is 17.5 Å². The number of nitrogens with one attached hydrogen (secondary N) is 1. The Kier molecular flexibility index (Phi) is 6.08. The van der Waals surface area contributed by atoms with E-state index in [0.29, 0.717) is 44.0 Å². The number of carbonyl (C=O) groups is 1. The van der Waals surface area contributed by atoms with Gasteiger partial charge < -0.3 is 15.1 Å². The van der Waals surface area contributed by atoms with Crippen LogP contribution >= 0.6 is 0 Å². The highest BCUT2D eigenvalue weighted by Crippen LogP contribution is 2.28. The smallest absolute Gasteiger partial charge is 0.251 e. The van der Waals surface area contributed by atoms with Crippen molar-refractivity contribution in [1.29, 1.82) is 0 Å². The first kappa shape index (κ1) is 21.8. The van der Waals surface area contributed by atoms with Gasteiger partial charge in [0.2, 0.25) is 0 Å². The molecule has 3 aromatic carbocycles. The van der Waals surface area contributed by atoms with Gasteiger partial charge in [0, 0.05) is 49.9 Å². The van der Waals surface area contributed by atoms with Gasteiger partial charge in [-0.05, 0) is 53.4 Å². The third kappa shape index (κ3) is 4.55. The van der Waals surface area contributed by atoms with Gasteiger partial charge in [-0.1, -0.05) is 30.3 Å². The second-order valence-corrected chi connectivity index (χ2v) is 8.31. The highest BCUT2D eigenvalue weighted by molar-refractivity contribution is 6.01. The number of benzene rings is 3. The number of aromatic nitrogens is 1. The van der Waals surface area contributed by atoms with Crippen molar-refractivity contribution in [2.75, 3.05) is 36.0 Å². The Hall–Kier alpha value is -4.00. The van der Waals surface area contributed by atoms with Gasteiger partial charge in [-0.25, -0.2) is 13.8 Å². The predicted octanol–water partition coefficient (Wildman–Crippen LogP) is 4.77. The predicted molar refractivity (Wildman–Crippen MR) is 130 cm³/mol. The fourth-order valence-corrected chi connectivity index (χ4v) is 4.30. The van der Waals surface area contributed by atoms with E-state index in [1.54, 1.807) is 36.5 Å². The Bertz CT molecular complexity index is 1320. The van der Waals surface area contributed by atoms with Crippen LogP contribution in [0.1, 0.15) is 15.9 Å². The van der Waals surface area contributed by atoms with Gasteiger partial charge >= 0.3 is 0 Å². The summed E-state index contributed by atoms with van der Waals surface area (Å²) in [6, 6.07) is 20.4. The van der Waals surface area contributed by atoms with Crippen molar-refractivity contribution < 1.29 is 13.6 Å². The molecule has 1 N–H and O–H groups in total.